The van der Waals surface area contributed by atoms with Gasteiger partial charge in [-0.1, -0.05) is 13.8 Å². The van der Waals surface area contributed by atoms with Crippen molar-refractivity contribution in [3.05, 3.63) is 30.1 Å². The van der Waals surface area contributed by atoms with Gasteiger partial charge in [0.15, 0.2) is 0 Å². The van der Waals surface area contributed by atoms with Crippen molar-refractivity contribution in [3.63, 3.8) is 0 Å². The van der Waals surface area contributed by atoms with E-state index in [-0.39, 0.29) is 18.9 Å². The summed E-state index contributed by atoms with van der Waals surface area (Å²) in [5.41, 5.74) is 0.397. The van der Waals surface area contributed by atoms with Gasteiger partial charge in [0.25, 0.3) is 0 Å². The number of amides is 1. The molecule has 0 radical (unpaired) electrons. The average Bonchev–Trinajstić information content (AvgIpc) is 2.43. The number of carbonyl (C=O) groups is 1. The molecule has 1 N–H and O–H groups in total. The highest BCUT2D eigenvalue weighted by Crippen LogP contribution is 2.18. The zero-order valence-electron chi connectivity index (χ0n) is 13.9. The van der Waals surface area contributed by atoms with E-state index < -0.39 is 15.8 Å². The minimum atomic E-state index is -3.48. The fraction of sp³-hybridized carbons (Fsp3) is 0.562. The third kappa shape index (κ3) is 7.45. The predicted octanol–water partition coefficient (Wildman–Crippen LogP) is 2.53. The number of carbonyl (C=O) groups excluding carboxylic acids is 1. The molecule has 7 heteroatoms. The number of anilines is 1. The molecular formula is C16H25FN2O3S. The molecule has 23 heavy (non-hydrogen) atoms. The van der Waals surface area contributed by atoms with E-state index in [0.29, 0.717) is 24.6 Å². The number of benzene rings is 1. The van der Waals surface area contributed by atoms with Gasteiger partial charge in [0.1, 0.15) is 5.82 Å². The molecule has 0 saturated heterocycles. The topological polar surface area (TPSA) is 66.5 Å². The molecule has 130 valence electrons. The van der Waals surface area contributed by atoms with Crippen LogP contribution in [0.3, 0.4) is 0 Å². The largest absolute Gasteiger partial charge is 0.356 e. The standard InChI is InChI=1S/C16H25FN2O3S/c1-13(2)10-11-18-16(20)5-4-12-19(23(3,21)22)15-8-6-14(17)7-9-15/h6-9,13H,4-5,10-12H2,1-3H3,(H,18,20). The van der Waals surface area contributed by atoms with E-state index in [1.807, 2.05) is 0 Å². The van der Waals surface area contributed by atoms with Crippen molar-refractivity contribution in [3.8, 4) is 0 Å². The van der Waals surface area contributed by atoms with Gasteiger partial charge in [-0.05, 0) is 43.0 Å². The van der Waals surface area contributed by atoms with Crippen molar-refractivity contribution < 1.29 is 17.6 Å². The first-order valence-corrected chi connectivity index (χ1v) is 9.55. The summed E-state index contributed by atoms with van der Waals surface area (Å²) in [5.74, 6) is 0.0134. The maximum absolute atomic E-state index is 13.0. The highest BCUT2D eigenvalue weighted by molar-refractivity contribution is 7.92. The molecule has 0 saturated carbocycles. The van der Waals surface area contributed by atoms with Gasteiger partial charge in [-0.2, -0.15) is 0 Å². The Morgan fingerprint density at radius 3 is 2.39 bits per heavy atom. The Morgan fingerprint density at radius 2 is 1.87 bits per heavy atom. The Labute approximate surface area is 137 Å². The maximum Gasteiger partial charge on any atom is 0.232 e. The monoisotopic (exact) mass is 344 g/mol. The van der Waals surface area contributed by atoms with Gasteiger partial charge >= 0.3 is 0 Å². The van der Waals surface area contributed by atoms with Crippen LogP contribution in [-0.2, 0) is 14.8 Å². The fourth-order valence-electron chi connectivity index (χ4n) is 2.07. The number of hydrogen-bond donors (Lipinski definition) is 1. The van der Waals surface area contributed by atoms with Crippen LogP contribution in [0.1, 0.15) is 33.1 Å². The first-order valence-electron chi connectivity index (χ1n) is 7.70. The van der Waals surface area contributed by atoms with Gasteiger partial charge in [0.2, 0.25) is 15.9 Å². The molecule has 0 aromatic heterocycles. The van der Waals surface area contributed by atoms with Crippen LogP contribution in [0.5, 0.6) is 0 Å². The minimum absolute atomic E-state index is 0.0850. The Balaban J connectivity index is 2.53. The number of sulfonamides is 1. The average molecular weight is 344 g/mol. The van der Waals surface area contributed by atoms with Gasteiger partial charge in [-0.15, -0.1) is 0 Å². The first kappa shape index (κ1) is 19.4. The van der Waals surface area contributed by atoms with E-state index >= 15 is 0 Å². The molecule has 0 heterocycles. The summed E-state index contributed by atoms with van der Waals surface area (Å²) in [5, 5.41) is 2.82. The van der Waals surface area contributed by atoms with Gasteiger partial charge < -0.3 is 5.32 Å². The van der Waals surface area contributed by atoms with E-state index in [9.17, 15) is 17.6 Å². The van der Waals surface area contributed by atoms with Crippen LogP contribution in [0.25, 0.3) is 0 Å². The fourth-order valence-corrected chi connectivity index (χ4v) is 3.03. The number of halogens is 1. The molecule has 1 rings (SSSR count). The highest BCUT2D eigenvalue weighted by Gasteiger charge is 2.17. The van der Waals surface area contributed by atoms with Gasteiger partial charge in [-0.3, -0.25) is 9.10 Å². The summed E-state index contributed by atoms with van der Waals surface area (Å²) in [6, 6.07) is 5.26. The van der Waals surface area contributed by atoms with E-state index in [1.54, 1.807) is 0 Å². The third-order valence-electron chi connectivity index (χ3n) is 3.32. The van der Waals surface area contributed by atoms with Gasteiger partial charge in [-0.25, -0.2) is 12.8 Å². The molecule has 0 unspecified atom stereocenters. The van der Waals surface area contributed by atoms with E-state index in [4.69, 9.17) is 0 Å². The summed E-state index contributed by atoms with van der Waals surface area (Å²) in [7, 11) is -3.48. The van der Waals surface area contributed by atoms with Gasteiger partial charge in [0.05, 0.1) is 11.9 Å². The Morgan fingerprint density at radius 1 is 1.26 bits per heavy atom. The number of hydrogen-bond acceptors (Lipinski definition) is 3. The Bertz CT molecular complexity index is 600. The predicted molar refractivity (Wildman–Crippen MR) is 90.3 cm³/mol. The molecule has 1 aromatic rings. The number of nitrogens with zero attached hydrogens (tertiary/aromatic N) is 1. The van der Waals surface area contributed by atoms with Crippen molar-refractivity contribution in [2.24, 2.45) is 5.92 Å². The Kier molecular flexibility index (Phi) is 7.48. The molecule has 0 atom stereocenters. The van der Waals surface area contributed by atoms with E-state index in [0.717, 1.165) is 12.7 Å². The summed E-state index contributed by atoms with van der Waals surface area (Å²) < 4.78 is 37.9. The van der Waals surface area contributed by atoms with Crippen molar-refractivity contribution in [1.82, 2.24) is 5.32 Å². The lowest BCUT2D eigenvalue weighted by Gasteiger charge is -2.22. The van der Waals surface area contributed by atoms with Crippen LogP contribution in [0, 0.1) is 11.7 Å². The summed E-state index contributed by atoms with van der Waals surface area (Å²) in [6.45, 7) is 4.98. The van der Waals surface area contributed by atoms with Crippen LogP contribution in [0.2, 0.25) is 0 Å². The molecule has 1 amide bonds. The normalized spacial score (nSPS) is 11.5. The molecule has 1 aromatic carbocycles. The van der Waals surface area contributed by atoms with Crippen LogP contribution >= 0.6 is 0 Å². The number of nitrogens with one attached hydrogen (secondary N) is 1. The second kappa shape index (κ2) is 8.86. The lowest BCUT2D eigenvalue weighted by atomic mass is 10.1. The molecule has 0 aliphatic rings. The summed E-state index contributed by atoms with van der Waals surface area (Å²) >= 11 is 0. The molecule has 0 aliphatic carbocycles. The third-order valence-corrected chi connectivity index (χ3v) is 4.52. The number of rotatable bonds is 9. The maximum atomic E-state index is 13.0. The quantitative estimate of drug-likeness (QED) is 0.748. The summed E-state index contributed by atoms with van der Waals surface area (Å²) in [6.07, 6.45) is 2.67. The van der Waals surface area contributed by atoms with Crippen molar-refractivity contribution in [2.75, 3.05) is 23.7 Å². The zero-order valence-corrected chi connectivity index (χ0v) is 14.7. The van der Waals surface area contributed by atoms with Crippen molar-refractivity contribution in [1.29, 1.82) is 0 Å². The first-order chi connectivity index (χ1) is 10.7. The van der Waals surface area contributed by atoms with Crippen molar-refractivity contribution in [2.45, 2.75) is 33.1 Å². The molecule has 5 nitrogen and oxygen atoms in total. The lowest BCUT2D eigenvalue weighted by Crippen LogP contribution is -2.32. The Hall–Kier alpha value is -1.63. The lowest BCUT2D eigenvalue weighted by molar-refractivity contribution is -0.121. The van der Waals surface area contributed by atoms with Crippen LogP contribution in [-0.4, -0.2) is 33.7 Å². The van der Waals surface area contributed by atoms with Crippen LogP contribution < -0.4 is 9.62 Å². The van der Waals surface area contributed by atoms with Crippen molar-refractivity contribution >= 4 is 21.6 Å². The van der Waals surface area contributed by atoms with E-state index in [1.165, 1.54) is 28.6 Å². The highest BCUT2D eigenvalue weighted by atomic mass is 32.2. The second-order valence-corrected chi connectivity index (χ2v) is 7.85. The van der Waals surface area contributed by atoms with Gasteiger partial charge in [0, 0.05) is 19.5 Å². The minimum Gasteiger partial charge on any atom is -0.356 e. The molecule has 0 fully saturated rings. The zero-order chi connectivity index (χ0) is 17.5. The summed E-state index contributed by atoms with van der Waals surface area (Å²) in [4.78, 5) is 11.7. The molecule has 0 bridgehead atoms. The molecule has 0 aliphatic heterocycles. The smallest absolute Gasteiger partial charge is 0.232 e. The molecule has 0 spiro atoms. The van der Waals surface area contributed by atoms with E-state index in [2.05, 4.69) is 19.2 Å². The van der Waals surface area contributed by atoms with Crippen LogP contribution in [0.4, 0.5) is 10.1 Å². The second-order valence-electron chi connectivity index (χ2n) is 5.95. The van der Waals surface area contributed by atoms with Crippen LogP contribution in [0.15, 0.2) is 24.3 Å². The molecular weight excluding hydrogens is 319 g/mol. The SMILES string of the molecule is CC(C)CCNC(=O)CCCN(c1ccc(F)cc1)S(C)(=O)=O.